The van der Waals surface area contributed by atoms with E-state index in [9.17, 15) is 0 Å². The summed E-state index contributed by atoms with van der Waals surface area (Å²) in [4.78, 5) is 3.83. The number of hydrogen-bond acceptors (Lipinski definition) is 5. The molecule has 0 saturated carbocycles. The molecule has 1 rings (SSSR count). The lowest BCUT2D eigenvalue weighted by Gasteiger charge is -1.96. The molecule has 3 N–H and O–H groups in total. The Labute approximate surface area is 62.1 Å². The molecule has 0 aromatic carbocycles. The molecule has 0 unspecified atom stereocenters. The number of rotatable bonds is 1. The Morgan fingerprint density at radius 1 is 1.90 bits per heavy atom. The zero-order valence-corrected chi connectivity index (χ0v) is 6.22. The van der Waals surface area contributed by atoms with Crippen molar-refractivity contribution < 1.29 is 0 Å². The Morgan fingerprint density at radius 2 is 2.70 bits per heavy atom. The fourth-order valence-corrected chi connectivity index (χ4v) is 0.962. The average molecular weight is 157 g/mol. The van der Waals surface area contributed by atoms with Crippen LogP contribution in [0.5, 0.6) is 0 Å². The number of nitrogens with two attached hydrogens (primary N) is 1. The van der Waals surface area contributed by atoms with Gasteiger partial charge in [0.05, 0.1) is 0 Å². The summed E-state index contributed by atoms with van der Waals surface area (Å²) in [5.74, 6) is 5.68. The van der Waals surface area contributed by atoms with Crippen LogP contribution in [0.1, 0.15) is 5.69 Å². The zero-order valence-electron chi connectivity index (χ0n) is 5.40. The van der Waals surface area contributed by atoms with E-state index < -0.39 is 0 Å². The highest BCUT2D eigenvalue weighted by Gasteiger charge is 2.01. The first-order chi connectivity index (χ1) is 4.88. The molecular weight excluding hydrogens is 150 g/mol. The topological polar surface area (TPSA) is 76.2 Å². The number of hydrogen-bond donors (Lipinski definition) is 2. The van der Waals surface area contributed by atoms with E-state index in [1.165, 1.54) is 11.5 Å². The number of aliphatic imine (C=N–C) groups is 1. The molecule has 0 aliphatic carbocycles. The van der Waals surface area contributed by atoms with Crippen molar-refractivity contribution in [3.05, 3.63) is 11.1 Å². The summed E-state index contributed by atoms with van der Waals surface area (Å²) >= 11 is 1.26. The summed E-state index contributed by atoms with van der Waals surface area (Å²) in [6, 6.07) is 0. The maximum atomic E-state index is 5.13. The van der Waals surface area contributed by atoms with E-state index in [-0.39, 0.29) is 0 Å². The second-order valence-electron chi connectivity index (χ2n) is 1.51. The van der Waals surface area contributed by atoms with Gasteiger partial charge in [-0.2, -0.15) is 0 Å². The third kappa shape index (κ3) is 1.28. The summed E-state index contributed by atoms with van der Waals surface area (Å²) in [5.41, 5.74) is 3.08. The number of amidine groups is 1. The highest BCUT2D eigenvalue weighted by atomic mass is 32.1. The molecule has 0 fully saturated rings. The van der Waals surface area contributed by atoms with Gasteiger partial charge in [-0.15, -0.1) is 5.10 Å². The summed E-state index contributed by atoms with van der Waals surface area (Å²) in [6.45, 7) is 0. The van der Waals surface area contributed by atoms with Gasteiger partial charge in [0.15, 0.2) is 5.84 Å². The minimum atomic E-state index is 0.550. The first kappa shape index (κ1) is 7.10. The SMILES string of the molecule is CN=C(NN)c1csnn1. The Balaban J connectivity index is 2.85. The van der Waals surface area contributed by atoms with Gasteiger partial charge in [-0.05, 0) is 11.5 Å². The predicted octanol–water partition coefficient (Wildman–Crippen LogP) is -0.622. The van der Waals surface area contributed by atoms with Gasteiger partial charge in [0.2, 0.25) is 0 Å². The fourth-order valence-electron chi connectivity index (χ4n) is 0.521. The molecule has 1 aromatic heterocycles. The van der Waals surface area contributed by atoms with Crippen molar-refractivity contribution in [2.45, 2.75) is 0 Å². The van der Waals surface area contributed by atoms with Crippen LogP contribution in [0.3, 0.4) is 0 Å². The lowest BCUT2D eigenvalue weighted by Crippen LogP contribution is -2.31. The van der Waals surface area contributed by atoms with Gasteiger partial charge in [-0.3, -0.25) is 4.99 Å². The van der Waals surface area contributed by atoms with Crippen LogP contribution >= 0.6 is 11.5 Å². The summed E-state index contributed by atoms with van der Waals surface area (Å²) in [5, 5.41) is 5.52. The van der Waals surface area contributed by atoms with Crippen LogP contribution in [0.2, 0.25) is 0 Å². The monoisotopic (exact) mass is 157 g/mol. The van der Waals surface area contributed by atoms with Crippen molar-refractivity contribution in [2.24, 2.45) is 10.8 Å². The second kappa shape index (κ2) is 3.23. The van der Waals surface area contributed by atoms with E-state index in [4.69, 9.17) is 5.84 Å². The molecule has 54 valence electrons. The van der Waals surface area contributed by atoms with Crippen molar-refractivity contribution in [3.8, 4) is 0 Å². The smallest absolute Gasteiger partial charge is 0.164 e. The van der Waals surface area contributed by atoms with Crippen molar-refractivity contribution >= 4 is 17.4 Å². The number of nitrogens with one attached hydrogen (secondary N) is 1. The van der Waals surface area contributed by atoms with Crippen molar-refractivity contribution in [1.82, 2.24) is 15.0 Å². The quantitative estimate of drug-likeness (QED) is 0.246. The lowest BCUT2D eigenvalue weighted by molar-refractivity contribution is 0.996. The first-order valence-corrected chi connectivity index (χ1v) is 3.43. The molecule has 0 aliphatic heterocycles. The van der Waals surface area contributed by atoms with Gasteiger partial charge in [0, 0.05) is 12.4 Å². The molecule has 0 saturated heterocycles. The minimum Gasteiger partial charge on any atom is -0.307 e. The maximum absolute atomic E-state index is 5.13. The Morgan fingerprint density at radius 3 is 3.10 bits per heavy atom. The molecular formula is C4H7N5S. The van der Waals surface area contributed by atoms with Gasteiger partial charge in [0.25, 0.3) is 0 Å². The highest BCUT2D eigenvalue weighted by Crippen LogP contribution is 1.95. The van der Waals surface area contributed by atoms with E-state index >= 15 is 0 Å². The van der Waals surface area contributed by atoms with Gasteiger partial charge in [-0.1, -0.05) is 4.49 Å². The first-order valence-electron chi connectivity index (χ1n) is 2.59. The molecule has 10 heavy (non-hydrogen) atoms. The molecule has 6 heteroatoms. The number of hydrazine groups is 1. The highest BCUT2D eigenvalue weighted by molar-refractivity contribution is 7.03. The van der Waals surface area contributed by atoms with Crippen LogP contribution in [0.25, 0.3) is 0 Å². The maximum Gasteiger partial charge on any atom is 0.164 e. The molecule has 0 spiro atoms. The number of nitrogens with zero attached hydrogens (tertiary/aromatic N) is 3. The number of aromatic nitrogens is 2. The van der Waals surface area contributed by atoms with Crippen molar-refractivity contribution in [2.75, 3.05) is 7.05 Å². The van der Waals surface area contributed by atoms with Gasteiger partial charge < -0.3 is 5.43 Å². The summed E-state index contributed by atoms with van der Waals surface area (Å²) < 4.78 is 3.65. The van der Waals surface area contributed by atoms with Gasteiger partial charge >= 0.3 is 0 Å². The third-order valence-corrected chi connectivity index (χ3v) is 1.47. The normalized spacial score (nSPS) is 11.6. The molecule has 0 radical (unpaired) electrons. The zero-order chi connectivity index (χ0) is 7.40. The van der Waals surface area contributed by atoms with Gasteiger partial charge in [-0.25, -0.2) is 5.84 Å². The second-order valence-corrected chi connectivity index (χ2v) is 2.12. The van der Waals surface area contributed by atoms with Crippen molar-refractivity contribution in [3.63, 3.8) is 0 Å². The minimum absolute atomic E-state index is 0.550. The molecule has 0 amide bonds. The third-order valence-electron chi connectivity index (χ3n) is 0.963. The summed E-state index contributed by atoms with van der Waals surface area (Å²) in [6.07, 6.45) is 0. The lowest BCUT2D eigenvalue weighted by atomic mass is 10.5. The van der Waals surface area contributed by atoms with E-state index in [0.29, 0.717) is 11.5 Å². The summed E-state index contributed by atoms with van der Waals surface area (Å²) in [7, 11) is 1.63. The molecule has 0 bridgehead atoms. The molecule has 0 atom stereocenters. The molecule has 1 aromatic rings. The van der Waals surface area contributed by atoms with Crippen molar-refractivity contribution in [1.29, 1.82) is 0 Å². The Kier molecular flexibility index (Phi) is 2.30. The molecule has 1 heterocycles. The van der Waals surface area contributed by atoms with Gasteiger partial charge in [0.1, 0.15) is 5.69 Å². The van der Waals surface area contributed by atoms with Crippen LogP contribution < -0.4 is 11.3 Å². The fraction of sp³-hybridized carbons (Fsp3) is 0.250. The van der Waals surface area contributed by atoms with Crippen LogP contribution in [0.15, 0.2) is 10.4 Å². The van der Waals surface area contributed by atoms with Crippen LogP contribution in [-0.4, -0.2) is 22.5 Å². The molecule has 0 aliphatic rings. The standard InChI is InChI=1S/C4H7N5S/c1-6-4(7-5)3-2-10-9-8-3/h2H,5H2,1H3,(H,6,7). The Bertz CT molecular complexity index is 216. The van der Waals surface area contributed by atoms with Crippen LogP contribution in [0.4, 0.5) is 0 Å². The molecule has 5 nitrogen and oxygen atoms in total. The average Bonchev–Trinajstić information content (AvgIpc) is 2.43. The van der Waals surface area contributed by atoms with E-state index in [1.807, 2.05) is 0 Å². The van der Waals surface area contributed by atoms with E-state index in [1.54, 1.807) is 12.4 Å². The Hall–Kier alpha value is -1.01. The van der Waals surface area contributed by atoms with Crippen LogP contribution in [-0.2, 0) is 0 Å². The predicted molar refractivity (Wildman–Crippen MR) is 39.7 cm³/mol. The van der Waals surface area contributed by atoms with E-state index in [0.717, 1.165) is 0 Å². The largest absolute Gasteiger partial charge is 0.307 e. The van der Waals surface area contributed by atoms with E-state index in [2.05, 4.69) is 20.0 Å². The van der Waals surface area contributed by atoms with Crippen LogP contribution in [0, 0.1) is 0 Å².